The molecule has 1 aromatic carbocycles. The van der Waals surface area contributed by atoms with Crippen molar-refractivity contribution in [2.24, 2.45) is 0 Å². The molecule has 0 saturated carbocycles. The number of nitrogen functional groups attached to an aromatic ring is 1. The third-order valence-corrected chi connectivity index (χ3v) is 1.63. The van der Waals surface area contributed by atoms with E-state index in [1.54, 1.807) is 0 Å². The van der Waals surface area contributed by atoms with Gasteiger partial charge in [-0.2, -0.15) is 22.0 Å². The standard InChI is InChI=1S/C8H5F6NO/c9-5-2-3(16-7(10)11)1-4(6(5)15)8(12,13)14/h1-2,7H,15H2. The fraction of sp³-hybridized carbons (Fsp3) is 0.250. The van der Waals surface area contributed by atoms with Crippen LogP contribution in [0.2, 0.25) is 0 Å². The van der Waals surface area contributed by atoms with Crippen molar-refractivity contribution in [1.29, 1.82) is 0 Å². The van der Waals surface area contributed by atoms with Crippen molar-refractivity contribution in [3.8, 4) is 5.75 Å². The summed E-state index contributed by atoms with van der Waals surface area (Å²) in [4.78, 5) is 0. The number of hydrogen-bond acceptors (Lipinski definition) is 2. The predicted molar refractivity (Wildman–Crippen MR) is 42.4 cm³/mol. The summed E-state index contributed by atoms with van der Waals surface area (Å²) < 4.78 is 76.7. The summed E-state index contributed by atoms with van der Waals surface area (Å²) in [5.74, 6) is -2.40. The Bertz CT molecular complexity index is 389. The smallest absolute Gasteiger partial charge is 0.418 e. The summed E-state index contributed by atoms with van der Waals surface area (Å²) in [6, 6.07) is 0.571. The average molecular weight is 245 g/mol. The quantitative estimate of drug-likeness (QED) is 0.642. The molecule has 0 aliphatic rings. The van der Waals surface area contributed by atoms with Crippen LogP contribution in [0.4, 0.5) is 32.0 Å². The van der Waals surface area contributed by atoms with Crippen LogP contribution < -0.4 is 10.5 Å². The minimum atomic E-state index is -4.94. The average Bonchev–Trinajstić information content (AvgIpc) is 2.08. The van der Waals surface area contributed by atoms with Gasteiger partial charge in [-0.15, -0.1) is 0 Å². The van der Waals surface area contributed by atoms with Gasteiger partial charge in [0.15, 0.2) is 0 Å². The fourth-order valence-corrected chi connectivity index (χ4v) is 0.998. The second-order valence-corrected chi connectivity index (χ2v) is 2.74. The zero-order valence-corrected chi connectivity index (χ0v) is 7.49. The number of hydrogen-bond donors (Lipinski definition) is 1. The van der Waals surface area contributed by atoms with Gasteiger partial charge in [-0.25, -0.2) is 4.39 Å². The highest BCUT2D eigenvalue weighted by atomic mass is 19.4. The molecule has 0 aliphatic carbocycles. The molecule has 16 heavy (non-hydrogen) atoms. The second kappa shape index (κ2) is 4.11. The minimum absolute atomic E-state index is 0.213. The molecule has 0 fully saturated rings. The largest absolute Gasteiger partial charge is 0.435 e. The molecule has 1 rings (SSSR count). The van der Waals surface area contributed by atoms with Gasteiger partial charge in [0.25, 0.3) is 0 Å². The fourth-order valence-electron chi connectivity index (χ4n) is 0.998. The van der Waals surface area contributed by atoms with Gasteiger partial charge >= 0.3 is 12.8 Å². The SMILES string of the molecule is Nc1c(F)cc(OC(F)F)cc1C(F)(F)F. The monoisotopic (exact) mass is 245 g/mol. The first-order valence-corrected chi connectivity index (χ1v) is 3.83. The highest BCUT2D eigenvalue weighted by Crippen LogP contribution is 2.37. The van der Waals surface area contributed by atoms with E-state index < -0.39 is 35.6 Å². The first kappa shape index (κ1) is 12.5. The molecule has 0 bridgehead atoms. The molecule has 0 unspecified atom stereocenters. The third kappa shape index (κ3) is 2.71. The lowest BCUT2D eigenvalue weighted by molar-refractivity contribution is -0.137. The predicted octanol–water partition coefficient (Wildman–Crippen LogP) is 3.03. The Kier molecular flexibility index (Phi) is 3.20. The molecule has 0 aromatic heterocycles. The summed E-state index contributed by atoms with van der Waals surface area (Å²) in [7, 11) is 0. The summed E-state index contributed by atoms with van der Waals surface area (Å²) in [5.41, 5.74) is 2.12. The van der Waals surface area contributed by atoms with E-state index in [9.17, 15) is 26.3 Å². The van der Waals surface area contributed by atoms with Crippen molar-refractivity contribution in [2.75, 3.05) is 5.73 Å². The first-order chi connectivity index (χ1) is 7.21. The molecule has 0 saturated heterocycles. The van der Waals surface area contributed by atoms with E-state index in [0.29, 0.717) is 6.07 Å². The summed E-state index contributed by atoms with van der Waals surface area (Å²) in [6.45, 7) is -3.34. The van der Waals surface area contributed by atoms with Crippen molar-refractivity contribution in [2.45, 2.75) is 12.8 Å². The van der Waals surface area contributed by atoms with Crippen molar-refractivity contribution in [1.82, 2.24) is 0 Å². The molecule has 0 amide bonds. The van der Waals surface area contributed by atoms with Gasteiger partial charge in [0.1, 0.15) is 11.6 Å². The summed E-state index contributed by atoms with van der Waals surface area (Å²) >= 11 is 0. The molecule has 1 aromatic rings. The normalized spacial score (nSPS) is 11.9. The van der Waals surface area contributed by atoms with E-state index in [1.165, 1.54) is 0 Å². The van der Waals surface area contributed by atoms with Gasteiger partial charge < -0.3 is 10.5 Å². The van der Waals surface area contributed by atoms with Crippen molar-refractivity contribution >= 4 is 5.69 Å². The van der Waals surface area contributed by atoms with E-state index in [-0.39, 0.29) is 6.07 Å². The number of rotatable bonds is 2. The van der Waals surface area contributed by atoms with Crippen LogP contribution >= 0.6 is 0 Å². The number of anilines is 1. The molecule has 0 atom stereocenters. The molecule has 0 heterocycles. The molecular weight excluding hydrogens is 240 g/mol. The molecule has 8 heteroatoms. The van der Waals surface area contributed by atoms with Gasteiger partial charge in [-0.05, 0) is 6.07 Å². The lowest BCUT2D eigenvalue weighted by atomic mass is 10.1. The molecule has 2 nitrogen and oxygen atoms in total. The van der Waals surface area contributed by atoms with Crippen LogP contribution in [0.15, 0.2) is 12.1 Å². The maximum absolute atomic E-state index is 12.9. The van der Waals surface area contributed by atoms with E-state index >= 15 is 0 Å². The Labute approximate surface area is 85.6 Å². The van der Waals surface area contributed by atoms with E-state index in [2.05, 4.69) is 4.74 Å². The number of alkyl halides is 5. The van der Waals surface area contributed by atoms with E-state index in [0.717, 1.165) is 0 Å². The molecule has 0 aliphatic heterocycles. The van der Waals surface area contributed by atoms with Gasteiger partial charge in [0.05, 0.1) is 11.3 Å². The van der Waals surface area contributed by atoms with Crippen LogP contribution in [-0.2, 0) is 6.18 Å². The maximum atomic E-state index is 12.9. The highest BCUT2D eigenvalue weighted by molar-refractivity contribution is 5.53. The second-order valence-electron chi connectivity index (χ2n) is 2.74. The van der Waals surface area contributed by atoms with Crippen LogP contribution in [0, 0.1) is 5.82 Å². The lowest BCUT2D eigenvalue weighted by Crippen LogP contribution is -2.12. The third-order valence-electron chi connectivity index (χ3n) is 1.63. The van der Waals surface area contributed by atoms with Gasteiger partial charge in [0, 0.05) is 6.07 Å². The number of ether oxygens (including phenoxy) is 1. The molecule has 2 N–H and O–H groups in total. The van der Waals surface area contributed by atoms with Crippen LogP contribution in [0.3, 0.4) is 0 Å². The zero-order chi connectivity index (χ0) is 12.5. The molecular formula is C8H5F6NO. The number of nitrogens with two attached hydrogens (primary N) is 1. The van der Waals surface area contributed by atoms with Crippen LogP contribution in [0.25, 0.3) is 0 Å². The van der Waals surface area contributed by atoms with Crippen LogP contribution in [0.5, 0.6) is 5.75 Å². The molecule has 0 spiro atoms. The summed E-state index contributed by atoms with van der Waals surface area (Å²) in [6.07, 6.45) is -4.94. The topological polar surface area (TPSA) is 35.2 Å². The van der Waals surface area contributed by atoms with Crippen LogP contribution in [-0.4, -0.2) is 6.61 Å². The Morgan fingerprint density at radius 3 is 2.19 bits per heavy atom. The van der Waals surface area contributed by atoms with Crippen LogP contribution in [0.1, 0.15) is 5.56 Å². The zero-order valence-electron chi connectivity index (χ0n) is 7.49. The van der Waals surface area contributed by atoms with Gasteiger partial charge in [-0.1, -0.05) is 0 Å². The van der Waals surface area contributed by atoms with Gasteiger partial charge in [0.2, 0.25) is 0 Å². The van der Waals surface area contributed by atoms with E-state index in [4.69, 9.17) is 5.73 Å². The Balaban J connectivity index is 3.23. The van der Waals surface area contributed by atoms with Crippen molar-refractivity contribution < 1.29 is 31.1 Å². The summed E-state index contributed by atoms with van der Waals surface area (Å²) in [5, 5.41) is 0. The van der Waals surface area contributed by atoms with E-state index in [1.807, 2.05) is 0 Å². The minimum Gasteiger partial charge on any atom is -0.435 e. The Morgan fingerprint density at radius 2 is 1.75 bits per heavy atom. The number of halogens is 6. The molecule has 90 valence electrons. The molecule has 0 radical (unpaired) electrons. The van der Waals surface area contributed by atoms with Crippen molar-refractivity contribution in [3.05, 3.63) is 23.5 Å². The highest BCUT2D eigenvalue weighted by Gasteiger charge is 2.35. The Morgan fingerprint density at radius 1 is 1.19 bits per heavy atom. The number of benzene rings is 1. The van der Waals surface area contributed by atoms with Crippen molar-refractivity contribution in [3.63, 3.8) is 0 Å². The maximum Gasteiger partial charge on any atom is 0.418 e. The van der Waals surface area contributed by atoms with Gasteiger partial charge in [-0.3, -0.25) is 0 Å². The lowest BCUT2D eigenvalue weighted by Gasteiger charge is -2.13. The Hall–Kier alpha value is -1.60. The first-order valence-electron chi connectivity index (χ1n) is 3.83.